The number of carbonyl (C=O) groups excluding carboxylic acids is 2. The van der Waals surface area contributed by atoms with Crippen molar-refractivity contribution in [1.82, 2.24) is 5.01 Å². The smallest absolute Gasteiger partial charge is 0.254 e. The van der Waals surface area contributed by atoms with Gasteiger partial charge in [-0.05, 0) is 47.8 Å². The van der Waals surface area contributed by atoms with Crippen molar-refractivity contribution >= 4 is 29.6 Å². The van der Waals surface area contributed by atoms with Gasteiger partial charge in [0.1, 0.15) is 0 Å². The van der Waals surface area contributed by atoms with Gasteiger partial charge in [0.05, 0.1) is 30.2 Å². The Balaban J connectivity index is 1.44. The fourth-order valence-corrected chi connectivity index (χ4v) is 5.22. The van der Waals surface area contributed by atoms with Crippen LogP contribution in [0.25, 0.3) is 0 Å². The second-order valence-electron chi connectivity index (χ2n) is 7.44. The first-order valence-electron chi connectivity index (χ1n) is 8.68. The molecule has 1 N–H and O–H groups in total. The molecule has 5 aliphatic rings. The molecule has 6 atom stereocenters. The lowest BCUT2D eigenvalue weighted by molar-refractivity contribution is -0.140. The van der Waals surface area contributed by atoms with E-state index in [1.54, 1.807) is 6.07 Å². The molecule has 2 amide bonds. The summed E-state index contributed by atoms with van der Waals surface area (Å²) in [5.74, 6) is 0.564. The summed E-state index contributed by atoms with van der Waals surface area (Å²) < 4.78 is 5.06. The first-order chi connectivity index (χ1) is 12.5. The highest BCUT2D eigenvalue weighted by molar-refractivity contribution is 6.32. The molecule has 0 spiro atoms. The molecule has 1 aliphatic heterocycles. The molecule has 3 fully saturated rings. The van der Waals surface area contributed by atoms with Crippen LogP contribution in [0.1, 0.15) is 12.0 Å². The second-order valence-corrected chi connectivity index (χ2v) is 7.85. The number of aromatic hydroxyl groups is 1. The zero-order valence-corrected chi connectivity index (χ0v) is 14.8. The predicted molar refractivity (Wildman–Crippen MR) is 93.8 cm³/mol. The second kappa shape index (κ2) is 5.33. The molecule has 0 unspecified atom stereocenters. The fraction of sp³-hybridized carbons (Fsp3) is 0.421. The van der Waals surface area contributed by atoms with E-state index in [0.29, 0.717) is 17.4 Å². The van der Waals surface area contributed by atoms with E-state index in [0.717, 1.165) is 11.4 Å². The first kappa shape index (κ1) is 15.9. The van der Waals surface area contributed by atoms with E-state index < -0.39 is 0 Å². The third-order valence-corrected chi connectivity index (χ3v) is 6.52. The van der Waals surface area contributed by atoms with Gasteiger partial charge in [0.25, 0.3) is 11.8 Å². The number of benzene rings is 1. The van der Waals surface area contributed by atoms with Crippen molar-refractivity contribution in [3.8, 4) is 11.5 Å². The van der Waals surface area contributed by atoms with Crippen molar-refractivity contribution < 1.29 is 19.4 Å². The molecule has 7 heteroatoms. The van der Waals surface area contributed by atoms with Crippen molar-refractivity contribution in [3.63, 3.8) is 0 Å². The number of allylic oxidation sites excluding steroid dienone is 2. The quantitative estimate of drug-likeness (QED) is 0.502. The minimum absolute atomic E-state index is 0.112. The SMILES string of the molecule is COc1cc(/C=N\N2C(=O)[C@H]3[C@@H]4C=C[C@H]([C@@H]5C[C@H]45)[C@@H]3C2=O)cc(Cl)c1O. The van der Waals surface area contributed by atoms with Gasteiger partial charge >= 0.3 is 0 Å². The van der Waals surface area contributed by atoms with Gasteiger partial charge in [-0.3, -0.25) is 9.59 Å². The van der Waals surface area contributed by atoms with E-state index in [-0.39, 0.29) is 52.0 Å². The third-order valence-electron chi connectivity index (χ3n) is 6.23. The Morgan fingerprint density at radius 1 is 1.19 bits per heavy atom. The molecule has 1 aromatic carbocycles. The largest absolute Gasteiger partial charge is 0.503 e. The summed E-state index contributed by atoms with van der Waals surface area (Å²) in [7, 11) is 1.42. The molecule has 4 aliphatic carbocycles. The van der Waals surface area contributed by atoms with Crippen LogP contribution in [-0.2, 0) is 9.59 Å². The average molecular weight is 373 g/mol. The highest BCUT2D eigenvalue weighted by Gasteiger charge is 2.67. The van der Waals surface area contributed by atoms with Gasteiger partial charge in [-0.2, -0.15) is 10.1 Å². The molecule has 1 saturated heterocycles. The molecular weight excluding hydrogens is 356 g/mol. The van der Waals surface area contributed by atoms with Crippen molar-refractivity contribution in [2.24, 2.45) is 40.6 Å². The van der Waals surface area contributed by atoms with E-state index in [4.69, 9.17) is 16.3 Å². The first-order valence-corrected chi connectivity index (χ1v) is 9.05. The lowest BCUT2D eigenvalue weighted by Crippen LogP contribution is -2.40. The molecule has 6 nitrogen and oxygen atoms in total. The number of phenols is 1. The molecule has 26 heavy (non-hydrogen) atoms. The van der Waals surface area contributed by atoms with Crippen molar-refractivity contribution in [1.29, 1.82) is 0 Å². The monoisotopic (exact) mass is 372 g/mol. The van der Waals surface area contributed by atoms with Crippen LogP contribution in [0.3, 0.4) is 0 Å². The minimum atomic E-state index is -0.267. The summed E-state index contributed by atoms with van der Waals surface area (Å²) in [6.45, 7) is 0. The maximum atomic E-state index is 12.8. The van der Waals surface area contributed by atoms with Gasteiger partial charge in [-0.15, -0.1) is 0 Å². The summed E-state index contributed by atoms with van der Waals surface area (Å²) in [4.78, 5) is 25.7. The Morgan fingerprint density at radius 2 is 1.81 bits per heavy atom. The Hall–Kier alpha value is -2.34. The average Bonchev–Trinajstić information content (AvgIpc) is 3.41. The van der Waals surface area contributed by atoms with Gasteiger partial charge in [0.15, 0.2) is 11.5 Å². The molecule has 134 valence electrons. The zero-order valence-electron chi connectivity index (χ0n) is 14.0. The van der Waals surface area contributed by atoms with E-state index in [1.165, 1.54) is 19.4 Å². The summed E-state index contributed by atoms with van der Waals surface area (Å²) in [6.07, 6.45) is 6.79. The third kappa shape index (κ3) is 2.02. The van der Waals surface area contributed by atoms with Gasteiger partial charge in [-0.1, -0.05) is 23.8 Å². The van der Waals surface area contributed by atoms with Crippen LogP contribution < -0.4 is 4.74 Å². The Kier molecular flexibility index (Phi) is 3.26. The molecular formula is C19H17ClN2O4. The Bertz CT molecular complexity index is 860. The molecule has 0 aromatic heterocycles. The minimum Gasteiger partial charge on any atom is -0.503 e. The molecule has 1 heterocycles. The van der Waals surface area contributed by atoms with E-state index in [2.05, 4.69) is 17.3 Å². The molecule has 1 aromatic rings. The number of imide groups is 1. The molecule has 6 rings (SSSR count). The summed E-state index contributed by atoms with van der Waals surface area (Å²) in [6, 6.07) is 3.05. The molecule has 2 saturated carbocycles. The number of carbonyl (C=O) groups is 2. The van der Waals surface area contributed by atoms with Crippen LogP contribution in [0.4, 0.5) is 0 Å². The number of nitrogens with zero attached hydrogens (tertiary/aromatic N) is 2. The number of amides is 2. The fourth-order valence-electron chi connectivity index (χ4n) is 5.00. The van der Waals surface area contributed by atoms with E-state index in [9.17, 15) is 14.7 Å². The van der Waals surface area contributed by atoms with Crippen LogP contribution in [-0.4, -0.2) is 35.3 Å². The maximum absolute atomic E-state index is 12.8. The Morgan fingerprint density at radius 3 is 2.38 bits per heavy atom. The molecule has 2 bridgehead atoms. The highest BCUT2D eigenvalue weighted by Crippen LogP contribution is 2.65. The Labute approximate surface area is 155 Å². The van der Waals surface area contributed by atoms with Crippen LogP contribution in [0.5, 0.6) is 11.5 Å². The van der Waals surface area contributed by atoms with Gasteiger partial charge in [0.2, 0.25) is 0 Å². The predicted octanol–water partition coefficient (Wildman–Crippen LogP) is 2.44. The van der Waals surface area contributed by atoms with Crippen molar-refractivity contribution in [2.75, 3.05) is 7.11 Å². The van der Waals surface area contributed by atoms with Crippen molar-refractivity contribution in [2.45, 2.75) is 6.42 Å². The van der Waals surface area contributed by atoms with Crippen molar-refractivity contribution in [3.05, 3.63) is 34.9 Å². The van der Waals surface area contributed by atoms with E-state index >= 15 is 0 Å². The molecule has 0 radical (unpaired) electrons. The number of rotatable bonds is 3. The lowest BCUT2D eigenvalue weighted by Gasteiger charge is -2.37. The lowest BCUT2D eigenvalue weighted by atomic mass is 9.63. The summed E-state index contributed by atoms with van der Waals surface area (Å²) in [5, 5.41) is 15.1. The number of methoxy groups -OCH3 is 1. The van der Waals surface area contributed by atoms with Crippen LogP contribution in [0, 0.1) is 35.5 Å². The number of phenolic OH excluding ortho intramolecular Hbond substituents is 1. The van der Waals surface area contributed by atoms with Crippen LogP contribution in [0.15, 0.2) is 29.4 Å². The topological polar surface area (TPSA) is 79.2 Å². The van der Waals surface area contributed by atoms with E-state index in [1.807, 2.05) is 0 Å². The summed E-state index contributed by atoms with van der Waals surface area (Å²) >= 11 is 5.97. The standard InChI is InChI=1S/C19H17ClN2O4/c1-26-14-5-8(4-13(20)17(14)23)7-21-22-18(24)15-9-2-3-10(12-6-11(9)12)16(15)19(22)25/h2-5,7,9-12,15-16,23H,6H2,1H3/b21-7-/t9-,10-,11-,12+,15+,16+/m1/s1. The number of ether oxygens (including phenoxy) is 1. The number of hydrogen-bond donors (Lipinski definition) is 1. The van der Waals surface area contributed by atoms with Gasteiger partial charge < -0.3 is 9.84 Å². The van der Waals surface area contributed by atoms with Crippen LogP contribution in [0.2, 0.25) is 5.02 Å². The van der Waals surface area contributed by atoms with Gasteiger partial charge in [0, 0.05) is 0 Å². The number of hydrogen-bond acceptors (Lipinski definition) is 5. The zero-order chi connectivity index (χ0) is 18.2. The maximum Gasteiger partial charge on any atom is 0.254 e. The summed E-state index contributed by atoms with van der Waals surface area (Å²) in [5.41, 5.74) is 0.532. The highest BCUT2D eigenvalue weighted by atomic mass is 35.5. The number of halogens is 1. The number of hydrazone groups is 1. The van der Waals surface area contributed by atoms with Crippen LogP contribution >= 0.6 is 11.6 Å². The van der Waals surface area contributed by atoms with Gasteiger partial charge in [-0.25, -0.2) is 0 Å². The normalized spacial score (nSPS) is 36.6.